The van der Waals surface area contributed by atoms with Crippen molar-refractivity contribution in [2.75, 3.05) is 18.5 Å². The van der Waals surface area contributed by atoms with Gasteiger partial charge in [0.1, 0.15) is 12.0 Å². The van der Waals surface area contributed by atoms with Crippen molar-refractivity contribution in [1.29, 1.82) is 0 Å². The molecule has 0 spiro atoms. The minimum absolute atomic E-state index is 0.0636. The summed E-state index contributed by atoms with van der Waals surface area (Å²) in [4.78, 5) is 36.5. The summed E-state index contributed by atoms with van der Waals surface area (Å²) >= 11 is 0. The molecule has 0 bridgehead atoms. The van der Waals surface area contributed by atoms with E-state index in [-0.39, 0.29) is 29.1 Å². The fraction of sp³-hybridized carbons (Fsp3) is 0.333. The van der Waals surface area contributed by atoms with Gasteiger partial charge < -0.3 is 10.1 Å². The van der Waals surface area contributed by atoms with Crippen molar-refractivity contribution >= 4 is 23.2 Å². The molecule has 0 radical (unpaired) electrons. The first kappa shape index (κ1) is 20.7. The molecular weight excluding hydrogens is 368 g/mol. The first-order valence-electron chi connectivity index (χ1n) is 8.65. The predicted octanol–water partition coefficient (Wildman–Crippen LogP) is 3.65. The summed E-state index contributed by atoms with van der Waals surface area (Å²) in [5.41, 5.74) is 0.309. The third-order valence-corrected chi connectivity index (χ3v) is 4.04. The summed E-state index contributed by atoms with van der Waals surface area (Å²) in [5, 5.41) is 24.5. The van der Waals surface area contributed by atoms with E-state index in [4.69, 9.17) is 4.74 Å². The quantitative estimate of drug-likeness (QED) is 0.282. The average Bonchev–Trinajstić information content (AvgIpc) is 2.67. The molecule has 0 saturated carbocycles. The molecule has 0 aliphatic heterocycles. The molecule has 1 heterocycles. The topological polar surface area (TPSA) is 138 Å². The highest BCUT2D eigenvalue weighted by Crippen LogP contribution is 2.21. The molecule has 0 aliphatic rings. The van der Waals surface area contributed by atoms with Crippen molar-refractivity contribution in [3.63, 3.8) is 0 Å². The van der Waals surface area contributed by atoms with Gasteiger partial charge in [-0.3, -0.25) is 20.2 Å². The monoisotopic (exact) mass is 388 g/mol. The lowest BCUT2D eigenvalue weighted by atomic mass is 10.1. The molecule has 1 N–H and O–H groups in total. The molecule has 10 heteroatoms. The highest BCUT2D eigenvalue weighted by Gasteiger charge is 2.18. The summed E-state index contributed by atoms with van der Waals surface area (Å²) in [6, 6.07) is 7.23. The van der Waals surface area contributed by atoms with E-state index in [1.165, 1.54) is 37.4 Å². The third-order valence-electron chi connectivity index (χ3n) is 4.04. The van der Waals surface area contributed by atoms with E-state index in [1.54, 1.807) is 6.07 Å². The Morgan fingerprint density at radius 2 is 1.89 bits per heavy atom. The number of nitro benzene ring substituents is 1. The lowest BCUT2D eigenvalue weighted by Crippen LogP contribution is -2.10. The van der Waals surface area contributed by atoms with Gasteiger partial charge in [0.15, 0.2) is 0 Å². The summed E-state index contributed by atoms with van der Waals surface area (Å²) in [6.45, 7) is 2.37. The number of nitro groups is 2. The SMILES string of the molecule is Cc1c(C(=O)OCCCCCNc2ccc([N+](=O)[O-])cn2)cccc1[N+](=O)[O-]. The van der Waals surface area contributed by atoms with Crippen LogP contribution in [0.15, 0.2) is 36.5 Å². The number of esters is 1. The maximum atomic E-state index is 12.1. The van der Waals surface area contributed by atoms with Crippen molar-refractivity contribution in [3.8, 4) is 0 Å². The molecular formula is C18H20N4O6. The molecule has 148 valence electrons. The standard InChI is InChI=1S/C18H20N4O6/c1-13-15(6-5-7-16(13)22(26)27)18(23)28-11-4-2-3-10-19-17-9-8-14(12-20-17)21(24)25/h5-9,12H,2-4,10-11H2,1H3,(H,19,20). The molecule has 0 unspecified atom stereocenters. The Morgan fingerprint density at radius 3 is 2.54 bits per heavy atom. The number of carbonyl (C=O) groups is 1. The van der Waals surface area contributed by atoms with Crippen molar-refractivity contribution in [1.82, 2.24) is 4.98 Å². The number of rotatable bonds is 10. The van der Waals surface area contributed by atoms with E-state index >= 15 is 0 Å². The zero-order chi connectivity index (χ0) is 20.5. The van der Waals surface area contributed by atoms with Gasteiger partial charge in [0.05, 0.1) is 22.0 Å². The highest BCUT2D eigenvalue weighted by molar-refractivity contribution is 5.92. The minimum atomic E-state index is -0.575. The van der Waals surface area contributed by atoms with E-state index in [9.17, 15) is 25.0 Å². The predicted molar refractivity (Wildman–Crippen MR) is 101 cm³/mol. The molecule has 0 saturated heterocycles. The molecule has 2 aromatic rings. The van der Waals surface area contributed by atoms with Crippen LogP contribution in [0.25, 0.3) is 0 Å². The van der Waals surface area contributed by atoms with Gasteiger partial charge in [-0.05, 0) is 38.3 Å². The Labute approximate surface area is 160 Å². The lowest BCUT2D eigenvalue weighted by molar-refractivity contribution is -0.385. The van der Waals surface area contributed by atoms with Crippen molar-refractivity contribution in [2.45, 2.75) is 26.2 Å². The molecule has 1 aromatic carbocycles. The van der Waals surface area contributed by atoms with E-state index in [1.807, 2.05) is 0 Å². The van der Waals surface area contributed by atoms with Gasteiger partial charge in [0.2, 0.25) is 0 Å². The zero-order valence-electron chi connectivity index (χ0n) is 15.3. The van der Waals surface area contributed by atoms with Crippen molar-refractivity contribution in [3.05, 3.63) is 67.9 Å². The lowest BCUT2D eigenvalue weighted by Gasteiger charge is -2.08. The number of nitrogens with zero attached hydrogens (tertiary/aromatic N) is 3. The number of anilines is 1. The number of carbonyl (C=O) groups excluding carboxylic acids is 1. The second-order valence-electron chi connectivity index (χ2n) is 5.99. The second kappa shape index (κ2) is 9.95. The Balaban J connectivity index is 1.66. The second-order valence-corrected chi connectivity index (χ2v) is 5.99. The van der Waals surface area contributed by atoms with E-state index in [2.05, 4.69) is 10.3 Å². The molecule has 2 rings (SSSR count). The van der Waals surface area contributed by atoms with Crippen LogP contribution in [-0.2, 0) is 4.74 Å². The van der Waals surface area contributed by atoms with Crippen LogP contribution in [0.5, 0.6) is 0 Å². The summed E-state index contributed by atoms with van der Waals surface area (Å²) in [6.07, 6.45) is 3.43. The molecule has 0 amide bonds. The number of hydrogen-bond acceptors (Lipinski definition) is 8. The number of ether oxygens (including phenoxy) is 1. The summed E-state index contributed by atoms with van der Waals surface area (Å²) < 4.78 is 5.19. The van der Waals surface area contributed by atoms with E-state index < -0.39 is 15.8 Å². The van der Waals surface area contributed by atoms with Crippen LogP contribution >= 0.6 is 0 Å². The van der Waals surface area contributed by atoms with Crippen LogP contribution in [0, 0.1) is 27.2 Å². The van der Waals surface area contributed by atoms with Gasteiger partial charge in [0.25, 0.3) is 11.4 Å². The van der Waals surface area contributed by atoms with Crippen LogP contribution in [0.3, 0.4) is 0 Å². The largest absolute Gasteiger partial charge is 0.462 e. The smallest absolute Gasteiger partial charge is 0.338 e. The average molecular weight is 388 g/mol. The molecule has 0 atom stereocenters. The van der Waals surface area contributed by atoms with Gasteiger partial charge in [0, 0.05) is 24.2 Å². The summed E-state index contributed by atoms with van der Waals surface area (Å²) in [5.74, 6) is -0.0208. The number of hydrogen-bond donors (Lipinski definition) is 1. The highest BCUT2D eigenvalue weighted by atomic mass is 16.6. The van der Waals surface area contributed by atoms with Crippen LogP contribution in [0.2, 0.25) is 0 Å². The Kier molecular flexibility index (Phi) is 7.37. The fourth-order valence-electron chi connectivity index (χ4n) is 2.50. The Hall–Kier alpha value is -3.56. The number of aromatic nitrogens is 1. The van der Waals surface area contributed by atoms with Gasteiger partial charge in [-0.15, -0.1) is 0 Å². The van der Waals surface area contributed by atoms with Gasteiger partial charge in [-0.1, -0.05) is 6.07 Å². The minimum Gasteiger partial charge on any atom is -0.462 e. The van der Waals surface area contributed by atoms with Crippen LogP contribution < -0.4 is 5.32 Å². The van der Waals surface area contributed by atoms with Crippen molar-refractivity contribution < 1.29 is 19.4 Å². The normalized spacial score (nSPS) is 10.3. The Bertz CT molecular complexity index is 854. The van der Waals surface area contributed by atoms with Crippen LogP contribution in [-0.4, -0.2) is 34.0 Å². The number of benzene rings is 1. The molecule has 10 nitrogen and oxygen atoms in total. The summed E-state index contributed by atoms with van der Waals surface area (Å²) in [7, 11) is 0. The van der Waals surface area contributed by atoms with E-state index in [0.717, 1.165) is 12.8 Å². The third kappa shape index (κ3) is 5.73. The number of nitrogens with one attached hydrogen (secondary N) is 1. The van der Waals surface area contributed by atoms with E-state index in [0.29, 0.717) is 18.8 Å². The zero-order valence-corrected chi connectivity index (χ0v) is 15.3. The van der Waals surface area contributed by atoms with Gasteiger partial charge in [-0.2, -0.15) is 0 Å². The van der Waals surface area contributed by atoms with Gasteiger partial charge >= 0.3 is 5.97 Å². The maximum absolute atomic E-state index is 12.1. The first-order valence-corrected chi connectivity index (χ1v) is 8.65. The van der Waals surface area contributed by atoms with Crippen LogP contribution in [0.4, 0.5) is 17.2 Å². The van der Waals surface area contributed by atoms with Gasteiger partial charge in [-0.25, -0.2) is 9.78 Å². The molecule has 0 aliphatic carbocycles. The number of unbranched alkanes of at least 4 members (excludes halogenated alkanes) is 2. The van der Waals surface area contributed by atoms with Crippen LogP contribution in [0.1, 0.15) is 35.2 Å². The molecule has 1 aromatic heterocycles. The first-order chi connectivity index (χ1) is 13.4. The maximum Gasteiger partial charge on any atom is 0.338 e. The number of pyridine rings is 1. The molecule has 28 heavy (non-hydrogen) atoms. The molecule has 0 fully saturated rings. The fourth-order valence-corrected chi connectivity index (χ4v) is 2.50. The van der Waals surface area contributed by atoms with Crippen molar-refractivity contribution in [2.24, 2.45) is 0 Å². The Morgan fingerprint density at radius 1 is 1.11 bits per heavy atom.